The summed E-state index contributed by atoms with van der Waals surface area (Å²) >= 11 is 4.99. The van der Waals surface area contributed by atoms with Gasteiger partial charge in [0.05, 0.1) is 10.6 Å². The largest absolute Gasteiger partial charge is 0.390 e. The summed E-state index contributed by atoms with van der Waals surface area (Å²) in [5.74, 6) is 0.998. The Morgan fingerprint density at radius 2 is 2.05 bits per heavy atom. The smallest absolute Gasteiger partial charge is 0.261 e. The van der Waals surface area contributed by atoms with Gasteiger partial charge in [-0.05, 0) is 25.1 Å². The first-order valence-electron chi connectivity index (χ1n) is 5.60. The molecular formula is C13H10BrN3OS. The Bertz CT molecular complexity index is 735. The predicted molar refractivity (Wildman–Crippen MR) is 79.9 cm³/mol. The molecule has 0 unspecified atom stereocenters. The highest BCUT2D eigenvalue weighted by atomic mass is 79.9. The van der Waals surface area contributed by atoms with Gasteiger partial charge >= 0.3 is 0 Å². The molecule has 2 heterocycles. The van der Waals surface area contributed by atoms with Crippen LogP contribution in [-0.4, -0.2) is 10.1 Å². The van der Waals surface area contributed by atoms with Crippen molar-refractivity contribution in [3.8, 4) is 22.8 Å². The minimum Gasteiger partial charge on any atom is -0.390 e. The molecule has 0 bridgehead atoms. The lowest BCUT2D eigenvalue weighted by atomic mass is 10.2. The van der Waals surface area contributed by atoms with Crippen LogP contribution in [0, 0.1) is 6.92 Å². The Balaban J connectivity index is 2.05. The van der Waals surface area contributed by atoms with E-state index < -0.39 is 0 Å². The van der Waals surface area contributed by atoms with Crippen LogP contribution in [0.3, 0.4) is 0 Å². The fourth-order valence-electron chi connectivity index (χ4n) is 1.78. The molecule has 1 aromatic carbocycles. The van der Waals surface area contributed by atoms with Crippen molar-refractivity contribution in [1.29, 1.82) is 0 Å². The standard InChI is InChI=1S/C13H10BrN3OS/c1-7-6-9(11(15)19-7)13-16-12(17-18-13)8-4-2-3-5-10(8)14/h2-6H,15H2,1H3. The third kappa shape index (κ3) is 2.29. The van der Waals surface area contributed by atoms with Crippen molar-refractivity contribution in [3.63, 3.8) is 0 Å². The van der Waals surface area contributed by atoms with Gasteiger partial charge in [-0.2, -0.15) is 4.98 Å². The summed E-state index contributed by atoms with van der Waals surface area (Å²) in [5.41, 5.74) is 7.62. The van der Waals surface area contributed by atoms with Crippen LogP contribution < -0.4 is 5.73 Å². The van der Waals surface area contributed by atoms with Gasteiger partial charge in [-0.1, -0.05) is 33.2 Å². The van der Waals surface area contributed by atoms with E-state index in [1.165, 1.54) is 11.3 Å². The lowest BCUT2D eigenvalue weighted by Crippen LogP contribution is -1.84. The number of nitrogens with two attached hydrogens (primary N) is 1. The molecule has 3 rings (SSSR count). The van der Waals surface area contributed by atoms with E-state index in [2.05, 4.69) is 26.1 Å². The number of nitrogen functional groups attached to an aromatic ring is 1. The fourth-order valence-corrected chi connectivity index (χ4v) is 3.03. The zero-order valence-electron chi connectivity index (χ0n) is 10.1. The molecule has 0 atom stereocenters. The van der Waals surface area contributed by atoms with E-state index in [9.17, 15) is 0 Å². The highest BCUT2D eigenvalue weighted by Gasteiger charge is 2.16. The lowest BCUT2D eigenvalue weighted by molar-refractivity contribution is 0.432. The molecule has 0 saturated heterocycles. The molecule has 19 heavy (non-hydrogen) atoms. The topological polar surface area (TPSA) is 64.9 Å². The fraction of sp³-hybridized carbons (Fsp3) is 0.0769. The van der Waals surface area contributed by atoms with Gasteiger partial charge in [0, 0.05) is 14.9 Å². The minimum absolute atomic E-state index is 0.451. The third-order valence-electron chi connectivity index (χ3n) is 2.66. The van der Waals surface area contributed by atoms with Crippen LogP contribution in [0.4, 0.5) is 5.00 Å². The zero-order chi connectivity index (χ0) is 13.4. The van der Waals surface area contributed by atoms with Crippen molar-refractivity contribution >= 4 is 32.3 Å². The number of hydrogen-bond donors (Lipinski definition) is 1. The number of aromatic nitrogens is 2. The van der Waals surface area contributed by atoms with Crippen LogP contribution in [0.15, 0.2) is 39.3 Å². The van der Waals surface area contributed by atoms with E-state index in [-0.39, 0.29) is 0 Å². The number of benzene rings is 1. The summed E-state index contributed by atoms with van der Waals surface area (Å²) in [6.45, 7) is 2.00. The Kier molecular flexibility index (Phi) is 3.12. The van der Waals surface area contributed by atoms with Crippen LogP contribution in [0.1, 0.15) is 4.88 Å². The van der Waals surface area contributed by atoms with Crippen LogP contribution in [0.5, 0.6) is 0 Å². The van der Waals surface area contributed by atoms with Crippen LogP contribution >= 0.6 is 27.3 Å². The minimum atomic E-state index is 0.451. The number of halogens is 1. The molecule has 2 aromatic heterocycles. The summed E-state index contributed by atoms with van der Waals surface area (Å²) in [6.07, 6.45) is 0. The maximum absolute atomic E-state index is 5.93. The Hall–Kier alpha value is -1.66. The second-order valence-corrected chi connectivity index (χ2v) is 6.18. The van der Waals surface area contributed by atoms with Crippen molar-refractivity contribution in [3.05, 3.63) is 39.7 Å². The maximum Gasteiger partial charge on any atom is 0.261 e. The van der Waals surface area contributed by atoms with E-state index in [1.54, 1.807) is 0 Å². The molecule has 0 aliphatic carbocycles. The molecule has 0 amide bonds. The SMILES string of the molecule is Cc1cc(-c2nc(-c3ccccc3Br)no2)c(N)s1. The van der Waals surface area contributed by atoms with E-state index in [4.69, 9.17) is 10.3 Å². The second-order valence-electron chi connectivity index (χ2n) is 4.04. The van der Waals surface area contributed by atoms with Gasteiger partial charge in [0.1, 0.15) is 0 Å². The molecule has 4 nitrogen and oxygen atoms in total. The number of aryl methyl sites for hydroxylation is 1. The molecule has 3 aromatic rings. The van der Waals surface area contributed by atoms with Crippen LogP contribution in [-0.2, 0) is 0 Å². The first-order valence-corrected chi connectivity index (χ1v) is 7.21. The summed E-state index contributed by atoms with van der Waals surface area (Å²) in [4.78, 5) is 5.52. The number of thiophene rings is 1. The van der Waals surface area contributed by atoms with Crippen molar-refractivity contribution in [2.75, 3.05) is 5.73 Å². The second kappa shape index (κ2) is 4.79. The first kappa shape index (κ1) is 12.4. The van der Waals surface area contributed by atoms with Crippen molar-refractivity contribution in [1.82, 2.24) is 10.1 Å². The van der Waals surface area contributed by atoms with Crippen LogP contribution in [0.2, 0.25) is 0 Å². The highest BCUT2D eigenvalue weighted by Crippen LogP contribution is 2.34. The third-order valence-corrected chi connectivity index (χ3v) is 4.23. The first-order chi connectivity index (χ1) is 9.15. The highest BCUT2D eigenvalue weighted by molar-refractivity contribution is 9.10. The van der Waals surface area contributed by atoms with E-state index in [0.717, 1.165) is 20.5 Å². The molecule has 0 spiro atoms. The van der Waals surface area contributed by atoms with Gasteiger partial charge in [-0.25, -0.2) is 0 Å². The molecule has 0 fully saturated rings. The van der Waals surface area contributed by atoms with Gasteiger partial charge < -0.3 is 10.3 Å². The maximum atomic E-state index is 5.93. The normalized spacial score (nSPS) is 10.8. The predicted octanol–water partition coefficient (Wildman–Crippen LogP) is 4.12. The van der Waals surface area contributed by atoms with E-state index in [1.807, 2.05) is 37.3 Å². The molecule has 6 heteroatoms. The Morgan fingerprint density at radius 1 is 1.26 bits per heavy atom. The number of hydrogen-bond acceptors (Lipinski definition) is 5. The zero-order valence-corrected chi connectivity index (χ0v) is 12.5. The van der Waals surface area contributed by atoms with Gasteiger partial charge in [-0.15, -0.1) is 11.3 Å². The molecular weight excluding hydrogens is 326 g/mol. The summed E-state index contributed by atoms with van der Waals surface area (Å²) in [6, 6.07) is 9.70. The van der Waals surface area contributed by atoms with Crippen molar-refractivity contribution in [2.45, 2.75) is 6.92 Å². The Morgan fingerprint density at radius 3 is 2.74 bits per heavy atom. The molecule has 96 valence electrons. The van der Waals surface area contributed by atoms with Gasteiger partial charge in [0.2, 0.25) is 5.82 Å². The van der Waals surface area contributed by atoms with Crippen LogP contribution in [0.25, 0.3) is 22.8 Å². The quantitative estimate of drug-likeness (QED) is 0.765. The average Bonchev–Trinajstić information content (AvgIpc) is 2.96. The number of nitrogens with zero attached hydrogens (tertiary/aromatic N) is 2. The van der Waals surface area contributed by atoms with E-state index in [0.29, 0.717) is 16.7 Å². The summed E-state index contributed by atoms with van der Waals surface area (Å²) in [5, 5.41) is 4.70. The van der Waals surface area contributed by atoms with Gasteiger partial charge in [0.25, 0.3) is 5.89 Å². The average molecular weight is 336 g/mol. The summed E-state index contributed by atoms with van der Waals surface area (Å²) in [7, 11) is 0. The number of rotatable bonds is 2. The van der Waals surface area contributed by atoms with Gasteiger partial charge in [0.15, 0.2) is 0 Å². The molecule has 0 radical (unpaired) electrons. The van der Waals surface area contributed by atoms with Gasteiger partial charge in [-0.3, -0.25) is 0 Å². The molecule has 0 aliphatic heterocycles. The lowest BCUT2D eigenvalue weighted by Gasteiger charge is -1.96. The number of anilines is 1. The van der Waals surface area contributed by atoms with Crippen molar-refractivity contribution < 1.29 is 4.52 Å². The Labute approximate surface area is 122 Å². The monoisotopic (exact) mass is 335 g/mol. The summed E-state index contributed by atoms with van der Waals surface area (Å²) < 4.78 is 6.23. The molecule has 0 aliphatic rings. The van der Waals surface area contributed by atoms with E-state index >= 15 is 0 Å². The van der Waals surface area contributed by atoms with Crippen molar-refractivity contribution in [2.24, 2.45) is 0 Å². The molecule has 2 N–H and O–H groups in total. The molecule has 0 saturated carbocycles.